The summed E-state index contributed by atoms with van der Waals surface area (Å²) in [5.41, 5.74) is 10.3. The number of ether oxygens (including phenoxy) is 1. The van der Waals surface area contributed by atoms with Gasteiger partial charge in [0, 0.05) is 11.8 Å². The first kappa shape index (κ1) is 13.5. The summed E-state index contributed by atoms with van der Waals surface area (Å²) in [5, 5.41) is 0. The van der Waals surface area contributed by atoms with Crippen molar-refractivity contribution in [1.82, 2.24) is 0 Å². The average Bonchev–Trinajstić information content (AvgIpc) is 2.37. The summed E-state index contributed by atoms with van der Waals surface area (Å²) in [4.78, 5) is 0. The number of nitrogens with two attached hydrogens (primary N) is 1. The van der Waals surface area contributed by atoms with Crippen LogP contribution < -0.4 is 10.5 Å². The van der Waals surface area contributed by atoms with Gasteiger partial charge in [0.2, 0.25) is 0 Å². The van der Waals surface area contributed by atoms with Gasteiger partial charge in [-0.3, -0.25) is 0 Å². The van der Waals surface area contributed by atoms with Gasteiger partial charge in [-0.1, -0.05) is 45.0 Å². The molecule has 0 aliphatic rings. The minimum atomic E-state index is 0.173. The van der Waals surface area contributed by atoms with Crippen LogP contribution in [0.5, 0.6) is 5.75 Å². The van der Waals surface area contributed by atoms with Crippen LogP contribution in [0.3, 0.4) is 0 Å². The number of hydrogen-bond acceptors (Lipinski definition) is 2. The molecule has 0 atom stereocenters. The number of benzene rings is 2. The van der Waals surface area contributed by atoms with E-state index in [1.54, 1.807) is 7.11 Å². The van der Waals surface area contributed by atoms with Crippen molar-refractivity contribution in [3.05, 3.63) is 48.0 Å². The topological polar surface area (TPSA) is 35.2 Å². The molecule has 0 aliphatic heterocycles. The van der Waals surface area contributed by atoms with Crippen molar-refractivity contribution < 1.29 is 4.74 Å². The maximum Gasteiger partial charge on any atom is 0.121 e. The molecule has 2 aromatic carbocycles. The van der Waals surface area contributed by atoms with Gasteiger partial charge in [0.15, 0.2) is 0 Å². The minimum Gasteiger partial charge on any atom is -0.497 e. The Kier molecular flexibility index (Phi) is 3.52. The standard InChI is InChI=1S/C17H21NO/c1-17(2,3)14-7-5-12(6-8-14)13-9-15(18)11-16(10-13)19-4/h5-11H,18H2,1-4H3. The Bertz CT molecular complexity index is 565. The second-order valence-electron chi connectivity index (χ2n) is 5.82. The second-order valence-corrected chi connectivity index (χ2v) is 5.82. The number of hydrogen-bond donors (Lipinski definition) is 1. The van der Waals surface area contributed by atoms with Crippen LogP contribution in [0.4, 0.5) is 5.69 Å². The summed E-state index contributed by atoms with van der Waals surface area (Å²) in [5.74, 6) is 0.787. The van der Waals surface area contributed by atoms with Gasteiger partial charge in [-0.2, -0.15) is 0 Å². The predicted octanol–water partition coefficient (Wildman–Crippen LogP) is 4.24. The van der Waals surface area contributed by atoms with Crippen LogP contribution >= 0.6 is 0 Å². The lowest BCUT2D eigenvalue weighted by molar-refractivity contribution is 0.415. The first-order valence-corrected chi connectivity index (χ1v) is 6.45. The zero-order chi connectivity index (χ0) is 14.0. The first-order valence-electron chi connectivity index (χ1n) is 6.45. The molecular weight excluding hydrogens is 234 g/mol. The van der Waals surface area contributed by atoms with E-state index in [0.717, 1.165) is 16.9 Å². The molecule has 0 aromatic heterocycles. The monoisotopic (exact) mass is 255 g/mol. The van der Waals surface area contributed by atoms with E-state index in [1.165, 1.54) is 5.56 Å². The van der Waals surface area contributed by atoms with E-state index in [1.807, 2.05) is 18.2 Å². The summed E-state index contributed by atoms with van der Waals surface area (Å²) >= 11 is 0. The van der Waals surface area contributed by atoms with Gasteiger partial charge < -0.3 is 10.5 Å². The van der Waals surface area contributed by atoms with Crippen molar-refractivity contribution in [2.45, 2.75) is 26.2 Å². The highest BCUT2D eigenvalue weighted by atomic mass is 16.5. The molecule has 0 fully saturated rings. The summed E-state index contributed by atoms with van der Waals surface area (Å²) in [6, 6.07) is 14.4. The Hall–Kier alpha value is -1.96. The lowest BCUT2D eigenvalue weighted by Gasteiger charge is -2.19. The maximum atomic E-state index is 5.89. The molecule has 2 aromatic rings. The molecule has 0 bridgehead atoms. The quantitative estimate of drug-likeness (QED) is 0.814. The van der Waals surface area contributed by atoms with Crippen molar-refractivity contribution in [2.24, 2.45) is 0 Å². The Morgan fingerprint density at radius 2 is 1.53 bits per heavy atom. The van der Waals surface area contributed by atoms with Gasteiger partial charge in [0.1, 0.15) is 5.75 Å². The molecule has 0 saturated carbocycles. The molecule has 0 unspecified atom stereocenters. The fourth-order valence-corrected chi connectivity index (χ4v) is 2.07. The number of rotatable bonds is 2. The molecule has 2 nitrogen and oxygen atoms in total. The van der Waals surface area contributed by atoms with Gasteiger partial charge in [0.05, 0.1) is 7.11 Å². The molecule has 0 radical (unpaired) electrons. The highest BCUT2D eigenvalue weighted by Gasteiger charge is 2.13. The van der Waals surface area contributed by atoms with Gasteiger partial charge in [0.25, 0.3) is 0 Å². The van der Waals surface area contributed by atoms with Crippen molar-refractivity contribution in [1.29, 1.82) is 0 Å². The van der Waals surface area contributed by atoms with E-state index >= 15 is 0 Å². The third-order valence-electron chi connectivity index (χ3n) is 3.25. The largest absolute Gasteiger partial charge is 0.497 e. The zero-order valence-electron chi connectivity index (χ0n) is 12.0. The van der Waals surface area contributed by atoms with Crippen molar-refractivity contribution in [2.75, 3.05) is 12.8 Å². The van der Waals surface area contributed by atoms with Crippen molar-refractivity contribution in [3.8, 4) is 16.9 Å². The van der Waals surface area contributed by atoms with Gasteiger partial charge in [-0.25, -0.2) is 0 Å². The molecule has 2 heteroatoms. The maximum absolute atomic E-state index is 5.89. The lowest BCUT2D eigenvalue weighted by Crippen LogP contribution is -2.10. The molecule has 0 spiro atoms. The molecule has 19 heavy (non-hydrogen) atoms. The Balaban J connectivity index is 2.40. The Labute approximate surface area is 115 Å². The Morgan fingerprint density at radius 3 is 2.05 bits per heavy atom. The second kappa shape index (κ2) is 4.96. The summed E-state index contributed by atoms with van der Waals surface area (Å²) in [6.07, 6.45) is 0. The van der Waals surface area contributed by atoms with Crippen LogP contribution in [0.1, 0.15) is 26.3 Å². The summed E-state index contributed by atoms with van der Waals surface area (Å²) in [6.45, 7) is 6.64. The van der Waals surface area contributed by atoms with Crippen molar-refractivity contribution >= 4 is 5.69 Å². The number of nitrogen functional groups attached to an aromatic ring is 1. The smallest absolute Gasteiger partial charge is 0.121 e. The van der Waals surface area contributed by atoms with Crippen LogP contribution in [0.15, 0.2) is 42.5 Å². The van der Waals surface area contributed by atoms with Crippen molar-refractivity contribution in [3.63, 3.8) is 0 Å². The molecule has 0 heterocycles. The average molecular weight is 255 g/mol. The fraction of sp³-hybridized carbons (Fsp3) is 0.294. The van der Waals surface area contributed by atoms with E-state index < -0.39 is 0 Å². The molecule has 2 N–H and O–H groups in total. The van der Waals surface area contributed by atoms with Crippen LogP contribution in [0.25, 0.3) is 11.1 Å². The van der Waals surface area contributed by atoms with E-state index in [0.29, 0.717) is 5.69 Å². The third kappa shape index (κ3) is 3.08. The summed E-state index contributed by atoms with van der Waals surface area (Å²) < 4.78 is 5.26. The summed E-state index contributed by atoms with van der Waals surface area (Å²) in [7, 11) is 1.65. The van der Waals surface area contributed by atoms with Crippen LogP contribution in [0.2, 0.25) is 0 Å². The van der Waals surface area contributed by atoms with Crippen LogP contribution in [-0.4, -0.2) is 7.11 Å². The predicted molar refractivity (Wildman–Crippen MR) is 81.5 cm³/mol. The number of anilines is 1. The highest BCUT2D eigenvalue weighted by molar-refractivity contribution is 5.70. The van der Waals surface area contributed by atoms with Crippen LogP contribution in [0, 0.1) is 0 Å². The molecule has 0 saturated heterocycles. The van der Waals surface area contributed by atoms with Gasteiger partial charge in [-0.05, 0) is 34.2 Å². The first-order chi connectivity index (χ1) is 8.90. The molecule has 0 amide bonds. The highest BCUT2D eigenvalue weighted by Crippen LogP contribution is 2.29. The lowest BCUT2D eigenvalue weighted by atomic mass is 9.86. The van der Waals surface area contributed by atoms with Gasteiger partial charge in [-0.15, -0.1) is 0 Å². The normalized spacial score (nSPS) is 11.4. The Morgan fingerprint density at radius 1 is 0.895 bits per heavy atom. The van der Waals surface area contributed by atoms with Gasteiger partial charge >= 0.3 is 0 Å². The van der Waals surface area contributed by atoms with E-state index in [4.69, 9.17) is 10.5 Å². The minimum absolute atomic E-state index is 0.173. The van der Waals surface area contributed by atoms with E-state index in [-0.39, 0.29) is 5.41 Å². The molecular formula is C17H21NO. The zero-order valence-corrected chi connectivity index (χ0v) is 12.0. The van der Waals surface area contributed by atoms with E-state index in [2.05, 4.69) is 45.0 Å². The van der Waals surface area contributed by atoms with Crippen LogP contribution in [-0.2, 0) is 5.41 Å². The molecule has 2 rings (SSSR count). The molecule has 100 valence electrons. The van der Waals surface area contributed by atoms with E-state index in [9.17, 15) is 0 Å². The third-order valence-corrected chi connectivity index (χ3v) is 3.25. The fourth-order valence-electron chi connectivity index (χ4n) is 2.07. The number of methoxy groups -OCH3 is 1. The SMILES string of the molecule is COc1cc(N)cc(-c2ccc(C(C)(C)C)cc2)c1. The molecule has 0 aliphatic carbocycles.